The van der Waals surface area contributed by atoms with E-state index < -0.39 is 6.98 Å². The van der Waals surface area contributed by atoms with Gasteiger partial charge in [0.15, 0.2) is 18.2 Å². The van der Waals surface area contributed by atoms with Crippen molar-refractivity contribution < 1.29 is 13.5 Å². The molecule has 0 fully saturated rings. The zero-order valence-electron chi connectivity index (χ0n) is 9.37. The molecule has 0 saturated heterocycles. The molecule has 0 unspecified atom stereocenters. The van der Waals surface area contributed by atoms with Crippen LogP contribution in [0.15, 0.2) is 24.5 Å². The summed E-state index contributed by atoms with van der Waals surface area (Å²) in [4.78, 5) is 11.3. The Morgan fingerprint density at radius 1 is 1.82 bits per heavy atom. The first-order valence-corrected chi connectivity index (χ1v) is 3.50. The van der Waals surface area contributed by atoms with Crippen molar-refractivity contribution in [2.24, 2.45) is 6.98 Å². The number of carbonyl (C=O) groups excluding carboxylic acids is 1. The summed E-state index contributed by atoms with van der Waals surface area (Å²) in [5.74, 6) is -0.0522. The smallest absolute Gasteiger partial charge is 0.179 e. The van der Waals surface area contributed by atoms with Crippen LogP contribution in [0, 0.1) is 0 Å². The van der Waals surface area contributed by atoms with Crippen LogP contribution in [-0.2, 0) is 6.98 Å². The second kappa shape index (κ2) is 3.28. The van der Waals surface area contributed by atoms with Crippen molar-refractivity contribution in [3.8, 4) is 0 Å². The highest BCUT2D eigenvalue weighted by atomic mass is 16.1. The molecule has 1 aromatic rings. The van der Waals surface area contributed by atoms with E-state index in [9.17, 15) is 4.79 Å². The predicted octanol–water partition coefficient (Wildman–Crippen LogP) is 1.10. The number of aryl methyl sites for hydroxylation is 1. The number of pyridine rings is 1. The molecule has 2 nitrogen and oxygen atoms in total. The van der Waals surface area contributed by atoms with Crippen molar-refractivity contribution in [3.05, 3.63) is 30.1 Å². The monoisotopic (exact) mass is 153 g/mol. The van der Waals surface area contributed by atoms with Gasteiger partial charge in [-0.1, -0.05) is 6.92 Å². The van der Waals surface area contributed by atoms with E-state index in [0.29, 0.717) is 12.0 Å². The highest BCUT2D eigenvalue weighted by molar-refractivity contribution is 5.95. The molecule has 0 radical (unpaired) electrons. The zero-order valence-corrected chi connectivity index (χ0v) is 6.37. The molecule has 0 aliphatic carbocycles. The maximum absolute atomic E-state index is 11.3. The molecule has 0 aliphatic rings. The fourth-order valence-electron chi connectivity index (χ4n) is 0.844. The third-order valence-corrected chi connectivity index (χ3v) is 1.44. The number of rotatable bonds is 2. The van der Waals surface area contributed by atoms with Gasteiger partial charge in [0, 0.05) is 12.5 Å². The molecule has 0 N–H and O–H groups in total. The summed E-state index contributed by atoms with van der Waals surface area (Å²) < 4.78 is 22.5. The molecule has 0 saturated carbocycles. The standard InChI is InChI=1S/C9H12NO/c1-3-9(11)8-5-4-6-10(2)7-8/h4-7H,3H2,1-2H3/q+1/i2D3. The van der Waals surface area contributed by atoms with Crippen LogP contribution in [0.2, 0.25) is 0 Å². The highest BCUT2D eigenvalue weighted by Gasteiger charge is 2.04. The second-order valence-electron chi connectivity index (χ2n) is 2.28. The van der Waals surface area contributed by atoms with E-state index in [-0.39, 0.29) is 5.78 Å². The zero-order chi connectivity index (χ0) is 10.8. The first-order valence-electron chi connectivity index (χ1n) is 5.00. The number of hydrogen-bond acceptors (Lipinski definition) is 1. The normalized spacial score (nSPS) is 14.8. The van der Waals surface area contributed by atoms with Crippen molar-refractivity contribution in [1.82, 2.24) is 0 Å². The Bertz CT molecular complexity index is 346. The van der Waals surface area contributed by atoms with Gasteiger partial charge in [0.1, 0.15) is 11.1 Å². The van der Waals surface area contributed by atoms with Gasteiger partial charge in [0.25, 0.3) is 0 Å². The molecular formula is C9H12NO+. The van der Waals surface area contributed by atoms with Crippen molar-refractivity contribution >= 4 is 5.78 Å². The van der Waals surface area contributed by atoms with Gasteiger partial charge >= 0.3 is 0 Å². The average molecular weight is 153 g/mol. The molecule has 0 bridgehead atoms. The van der Waals surface area contributed by atoms with Gasteiger partial charge in [-0.25, -0.2) is 4.57 Å². The van der Waals surface area contributed by atoms with Crippen LogP contribution >= 0.6 is 0 Å². The molecule has 0 aromatic carbocycles. The van der Waals surface area contributed by atoms with E-state index in [2.05, 4.69) is 0 Å². The van der Waals surface area contributed by atoms with Gasteiger partial charge in [-0.15, -0.1) is 0 Å². The Hall–Kier alpha value is -1.18. The number of Topliss-reactive ketones (excluding diaryl/α,β-unsaturated/α-hetero) is 1. The van der Waals surface area contributed by atoms with Crippen molar-refractivity contribution in [2.75, 3.05) is 0 Å². The quantitative estimate of drug-likeness (QED) is 0.460. The maximum Gasteiger partial charge on any atom is 0.179 e. The first kappa shape index (κ1) is 4.65. The van der Waals surface area contributed by atoms with Crippen LogP contribution in [0.3, 0.4) is 0 Å². The van der Waals surface area contributed by atoms with Crippen molar-refractivity contribution in [3.63, 3.8) is 0 Å². The average Bonchev–Trinajstić information content (AvgIpc) is 2.15. The lowest BCUT2D eigenvalue weighted by Crippen LogP contribution is -2.27. The summed E-state index contributed by atoms with van der Waals surface area (Å²) in [6, 6.07) is 3.18. The summed E-state index contributed by atoms with van der Waals surface area (Å²) in [6.07, 6.45) is 3.17. The largest absolute Gasteiger partial charge is 0.294 e. The first-order chi connectivity index (χ1) is 6.45. The molecule has 11 heavy (non-hydrogen) atoms. The van der Waals surface area contributed by atoms with E-state index in [0.717, 1.165) is 4.57 Å². The fraction of sp³-hybridized carbons (Fsp3) is 0.333. The molecule has 1 rings (SSSR count). The molecule has 0 spiro atoms. The number of nitrogens with zero attached hydrogens (tertiary/aromatic N) is 1. The lowest BCUT2D eigenvalue weighted by atomic mass is 10.1. The van der Waals surface area contributed by atoms with Crippen molar-refractivity contribution in [2.45, 2.75) is 13.3 Å². The van der Waals surface area contributed by atoms with E-state index in [4.69, 9.17) is 4.11 Å². The summed E-state index contributed by atoms with van der Waals surface area (Å²) >= 11 is 0. The van der Waals surface area contributed by atoms with Gasteiger partial charge in [-0.05, 0) is 6.07 Å². The summed E-state index contributed by atoms with van der Waals surface area (Å²) in [7, 11) is 0. The Kier molecular flexibility index (Phi) is 1.39. The molecule has 0 aliphatic heterocycles. The Morgan fingerprint density at radius 2 is 2.64 bits per heavy atom. The van der Waals surface area contributed by atoms with E-state index in [1.807, 2.05) is 0 Å². The Morgan fingerprint density at radius 3 is 3.27 bits per heavy atom. The van der Waals surface area contributed by atoms with E-state index in [1.165, 1.54) is 12.4 Å². The lowest BCUT2D eigenvalue weighted by Gasteiger charge is -1.93. The van der Waals surface area contributed by atoms with Gasteiger partial charge < -0.3 is 0 Å². The predicted molar refractivity (Wildman–Crippen MR) is 42.2 cm³/mol. The minimum Gasteiger partial charge on any atom is -0.294 e. The number of hydrogen-bond donors (Lipinski definition) is 0. The van der Waals surface area contributed by atoms with Gasteiger partial charge in [0.2, 0.25) is 0 Å². The van der Waals surface area contributed by atoms with Crippen LogP contribution < -0.4 is 4.57 Å². The molecule has 0 atom stereocenters. The highest BCUT2D eigenvalue weighted by Crippen LogP contribution is 1.98. The SMILES string of the molecule is [2H]C([2H])([2H])[n+]1cccc(C(=O)CC)c1. The second-order valence-corrected chi connectivity index (χ2v) is 2.28. The molecule has 58 valence electrons. The van der Waals surface area contributed by atoms with Gasteiger partial charge in [-0.3, -0.25) is 4.79 Å². The Balaban J connectivity index is 3.08. The molecule has 1 aromatic heterocycles. The van der Waals surface area contributed by atoms with Crippen LogP contribution in [0.1, 0.15) is 27.8 Å². The third kappa shape index (κ3) is 1.87. The summed E-state index contributed by atoms with van der Waals surface area (Å²) in [5.41, 5.74) is 0.436. The minimum atomic E-state index is -2.22. The molecular weight excluding hydrogens is 138 g/mol. The lowest BCUT2D eigenvalue weighted by molar-refractivity contribution is -0.671. The number of aromatic nitrogens is 1. The van der Waals surface area contributed by atoms with Crippen LogP contribution in [-0.4, -0.2) is 5.78 Å². The molecule has 0 amide bonds. The topological polar surface area (TPSA) is 20.9 Å². The van der Waals surface area contributed by atoms with Crippen LogP contribution in [0.4, 0.5) is 0 Å². The van der Waals surface area contributed by atoms with Crippen LogP contribution in [0.25, 0.3) is 0 Å². The van der Waals surface area contributed by atoms with Gasteiger partial charge in [-0.2, -0.15) is 0 Å². The van der Waals surface area contributed by atoms with E-state index >= 15 is 0 Å². The fourth-order valence-corrected chi connectivity index (χ4v) is 0.844. The molecule has 2 heteroatoms. The minimum absolute atomic E-state index is 0.0522. The maximum atomic E-state index is 11.3. The number of carbonyl (C=O) groups is 1. The Labute approximate surface area is 70.7 Å². The summed E-state index contributed by atoms with van der Waals surface area (Å²) in [5, 5.41) is 0. The third-order valence-electron chi connectivity index (χ3n) is 1.44. The van der Waals surface area contributed by atoms with Crippen LogP contribution in [0.5, 0.6) is 0 Å². The molecule has 1 heterocycles. The number of ketones is 1. The summed E-state index contributed by atoms with van der Waals surface area (Å²) in [6.45, 7) is -0.473. The van der Waals surface area contributed by atoms with Gasteiger partial charge in [0.05, 0.1) is 5.56 Å². The van der Waals surface area contributed by atoms with E-state index in [1.54, 1.807) is 19.1 Å². The van der Waals surface area contributed by atoms with Crippen molar-refractivity contribution in [1.29, 1.82) is 0 Å².